The van der Waals surface area contributed by atoms with E-state index in [4.69, 9.17) is 9.47 Å². The first kappa shape index (κ1) is 15.6. The Bertz CT molecular complexity index is 455. The molecule has 0 bridgehead atoms. The molecular formula is C15H22N2O4. The average molecular weight is 294 g/mol. The van der Waals surface area contributed by atoms with Gasteiger partial charge in [0.05, 0.1) is 20.3 Å². The number of hydrogen-bond acceptors (Lipinski definition) is 4. The maximum atomic E-state index is 11.6. The fourth-order valence-electron chi connectivity index (χ4n) is 2.16. The van der Waals surface area contributed by atoms with E-state index in [-0.39, 0.29) is 19.2 Å². The van der Waals surface area contributed by atoms with Gasteiger partial charge in [-0.3, -0.25) is 0 Å². The second-order valence-electron chi connectivity index (χ2n) is 5.23. The first-order chi connectivity index (χ1) is 10.1. The van der Waals surface area contributed by atoms with Gasteiger partial charge in [-0.25, -0.2) is 4.79 Å². The lowest BCUT2D eigenvalue weighted by Gasteiger charge is -2.20. The van der Waals surface area contributed by atoms with Gasteiger partial charge in [0.25, 0.3) is 0 Å². The molecule has 1 unspecified atom stereocenters. The molecule has 1 saturated heterocycles. The number of carbonyl (C=O) groups excluding carboxylic acids is 1. The number of hydrogen-bond donors (Lipinski definition) is 3. The van der Waals surface area contributed by atoms with E-state index in [0.29, 0.717) is 19.6 Å². The molecule has 6 nitrogen and oxygen atoms in total. The number of benzene rings is 1. The molecule has 1 aromatic rings. The Hall–Kier alpha value is -1.79. The van der Waals surface area contributed by atoms with Gasteiger partial charge < -0.3 is 25.2 Å². The molecule has 0 aliphatic carbocycles. The maximum Gasteiger partial charge on any atom is 0.314 e. The summed E-state index contributed by atoms with van der Waals surface area (Å²) in [6.45, 7) is 1.56. The largest absolute Gasteiger partial charge is 0.497 e. The number of amides is 2. The number of carbonyl (C=O) groups is 1. The van der Waals surface area contributed by atoms with Crippen LogP contribution in [0, 0.1) is 0 Å². The molecule has 1 aromatic carbocycles. The van der Waals surface area contributed by atoms with Crippen LogP contribution in [-0.4, -0.2) is 50.2 Å². The number of rotatable bonds is 6. The van der Waals surface area contributed by atoms with Gasteiger partial charge in [0.15, 0.2) is 0 Å². The summed E-state index contributed by atoms with van der Waals surface area (Å²) in [5.74, 6) is 0.816. The average Bonchev–Trinajstić information content (AvgIpc) is 2.93. The molecule has 3 N–H and O–H groups in total. The summed E-state index contributed by atoms with van der Waals surface area (Å²) < 4.78 is 10.2. The maximum absolute atomic E-state index is 11.6. The van der Waals surface area contributed by atoms with Crippen LogP contribution in [0.4, 0.5) is 4.79 Å². The summed E-state index contributed by atoms with van der Waals surface area (Å²) in [4.78, 5) is 11.6. The van der Waals surface area contributed by atoms with Crippen molar-refractivity contribution >= 4 is 6.03 Å². The zero-order chi connectivity index (χ0) is 15.1. The molecule has 0 radical (unpaired) electrons. The van der Waals surface area contributed by atoms with E-state index in [1.807, 2.05) is 24.3 Å². The van der Waals surface area contributed by atoms with Crippen molar-refractivity contribution in [2.75, 3.05) is 33.4 Å². The highest BCUT2D eigenvalue weighted by atomic mass is 16.5. The Labute approximate surface area is 124 Å². The van der Waals surface area contributed by atoms with Crippen LogP contribution in [0.2, 0.25) is 0 Å². The molecule has 21 heavy (non-hydrogen) atoms. The number of nitrogens with one attached hydrogen (secondary N) is 2. The molecule has 6 heteroatoms. The van der Waals surface area contributed by atoms with Crippen LogP contribution in [0.1, 0.15) is 12.0 Å². The topological polar surface area (TPSA) is 79.8 Å². The van der Waals surface area contributed by atoms with E-state index < -0.39 is 5.60 Å². The zero-order valence-corrected chi connectivity index (χ0v) is 12.2. The third-order valence-corrected chi connectivity index (χ3v) is 3.52. The van der Waals surface area contributed by atoms with Crippen LogP contribution < -0.4 is 15.4 Å². The minimum atomic E-state index is -0.923. The van der Waals surface area contributed by atoms with Crippen molar-refractivity contribution in [3.63, 3.8) is 0 Å². The Balaban J connectivity index is 1.64. The molecule has 1 aliphatic rings. The van der Waals surface area contributed by atoms with Gasteiger partial charge in [0.1, 0.15) is 11.4 Å². The van der Waals surface area contributed by atoms with Crippen LogP contribution in [0.3, 0.4) is 0 Å². The Morgan fingerprint density at radius 2 is 2.14 bits per heavy atom. The molecule has 1 fully saturated rings. The predicted octanol–water partition coefficient (Wildman–Crippen LogP) is 0.688. The number of urea groups is 1. The third kappa shape index (κ3) is 4.91. The van der Waals surface area contributed by atoms with Gasteiger partial charge in [-0.05, 0) is 24.1 Å². The molecule has 1 heterocycles. The van der Waals surface area contributed by atoms with Crippen LogP contribution >= 0.6 is 0 Å². The van der Waals surface area contributed by atoms with Gasteiger partial charge in [-0.15, -0.1) is 0 Å². The van der Waals surface area contributed by atoms with Crippen LogP contribution in [0.15, 0.2) is 24.3 Å². The summed E-state index contributed by atoms with van der Waals surface area (Å²) in [5, 5.41) is 15.5. The van der Waals surface area contributed by atoms with Crippen molar-refractivity contribution in [1.29, 1.82) is 0 Å². The van der Waals surface area contributed by atoms with Crippen LogP contribution in [0.5, 0.6) is 5.75 Å². The lowest BCUT2D eigenvalue weighted by Crippen LogP contribution is -2.47. The van der Waals surface area contributed by atoms with Crippen molar-refractivity contribution < 1.29 is 19.4 Å². The monoisotopic (exact) mass is 294 g/mol. The highest BCUT2D eigenvalue weighted by Crippen LogP contribution is 2.16. The minimum absolute atomic E-state index is 0.210. The molecule has 2 amide bonds. The summed E-state index contributed by atoms with van der Waals surface area (Å²) in [5.41, 5.74) is 0.201. The SMILES string of the molecule is COc1ccc(CCNC(=O)NCC2(O)CCOC2)cc1. The molecule has 0 spiro atoms. The van der Waals surface area contributed by atoms with Crippen molar-refractivity contribution in [1.82, 2.24) is 10.6 Å². The normalized spacial score (nSPS) is 21.0. The summed E-state index contributed by atoms with van der Waals surface area (Å²) in [6, 6.07) is 7.45. The van der Waals surface area contributed by atoms with Crippen molar-refractivity contribution in [2.24, 2.45) is 0 Å². The fraction of sp³-hybridized carbons (Fsp3) is 0.533. The summed E-state index contributed by atoms with van der Waals surface area (Å²) >= 11 is 0. The van der Waals surface area contributed by atoms with Gasteiger partial charge in [-0.2, -0.15) is 0 Å². The molecule has 2 rings (SSSR count). The Kier molecular flexibility index (Phi) is 5.41. The van der Waals surface area contributed by atoms with Crippen LogP contribution in [0.25, 0.3) is 0 Å². The van der Waals surface area contributed by atoms with E-state index in [1.54, 1.807) is 7.11 Å². The quantitative estimate of drug-likeness (QED) is 0.721. The van der Waals surface area contributed by atoms with Gasteiger partial charge in [0.2, 0.25) is 0 Å². The standard InChI is InChI=1S/C15H22N2O4/c1-20-13-4-2-12(3-5-13)6-8-16-14(18)17-10-15(19)7-9-21-11-15/h2-5,19H,6-11H2,1H3,(H2,16,17,18). The zero-order valence-electron chi connectivity index (χ0n) is 12.2. The molecule has 1 aliphatic heterocycles. The van der Waals surface area contributed by atoms with Crippen molar-refractivity contribution in [2.45, 2.75) is 18.4 Å². The smallest absolute Gasteiger partial charge is 0.314 e. The molecule has 1 atom stereocenters. The van der Waals surface area contributed by atoms with Gasteiger partial charge in [0, 0.05) is 19.6 Å². The van der Waals surface area contributed by atoms with E-state index in [1.165, 1.54) is 0 Å². The summed E-state index contributed by atoms with van der Waals surface area (Å²) in [6.07, 6.45) is 1.30. The molecule has 0 saturated carbocycles. The minimum Gasteiger partial charge on any atom is -0.497 e. The number of aliphatic hydroxyl groups is 1. The lowest BCUT2D eigenvalue weighted by atomic mass is 10.0. The fourth-order valence-corrected chi connectivity index (χ4v) is 2.16. The summed E-state index contributed by atoms with van der Waals surface area (Å²) in [7, 11) is 1.63. The Morgan fingerprint density at radius 3 is 2.76 bits per heavy atom. The van der Waals surface area contributed by atoms with Crippen LogP contribution in [-0.2, 0) is 11.2 Å². The van der Waals surface area contributed by atoms with Gasteiger partial charge in [-0.1, -0.05) is 12.1 Å². The second-order valence-corrected chi connectivity index (χ2v) is 5.23. The van der Waals surface area contributed by atoms with E-state index in [9.17, 15) is 9.90 Å². The predicted molar refractivity (Wildman–Crippen MR) is 78.5 cm³/mol. The third-order valence-electron chi connectivity index (χ3n) is 3.52. The first-order valence-corrected chi connectivity index (χ1v) is 7.06. The van der Waals surface area contributed by atoms with Crippen molar-refractivity contribution in [3.8, 4) is 5.75 Å². The van der Waals surface area contributed by atoms with E-state index in [2.05, 4.69) is 10.6 Å². The van der Waals surface area contributed by atoms with E-state index in [0.717, 1.165) is 17.7 Å². The second kappa shape index (κ2) is 7.28. The Morgan fingerprint density at radius 1 is 1.38 bits per heavy atom. The molecular weight excluding hydrogens is 272 g/mol. The number of methoxy groups -OCH3 is 1. The van der Waals surface area contributed by atoms with Gasteiger partial charge >= 0.3 is 6.03 Å². The first-order valence-electron chi connectivity index (χ1n) is 7.06. The van der Waals surface area contributed by atoms with E-state index >= 15 is 0 Å². The lowest BCUT2D eigenvalue weighted by molar-refractivity contribution is 0.0292. The molecule has 116 valence electrons. The highest BCUT2D eigenvalue weighted by molar-refractivity contribution is 5.73. The highest BCUT2D eigenvalue weighted by Gasteiger charge is 2.32. The number of ether oxygens (including phenoxy) is 2. The molecule has 0 aromatic heterocycles. The van der Waals surface area contributed by atoms with Crippen molar-refractivity contribution in [3.05, 3.63) is 29.8 Å².